The first kappa shape index (κ1) is 17.0. The number of aromatic nitrogens is 2. The van der Waals surface area contributed by atoms with Crippen molar-refractivity contribution in [2.24, 2.45) is 0 Å². The second-order valence-corrected chi connectivity index (χ2v) is 5.97. The van der Waals surface area contributed by atoms with Gasteiger partial charge < -0.3 is 14.6 Å². The standard InChI is InChI=1S/C18H16ClN3O3/c1-12-6-7-13(19)8-15(12)21-17(23)10-25-18(24)9-22-11-20-14-4-2-3-5-16(14)22/h2-8,11H,9-10H2,1H3,(H,21,23). The number of anilines is 1. The van der Waals surface area contributed by atoms with Crippen molar-refractivity contribution in [3.63, 3.8) is 0 Å². The highest BCUT2D eigenvalue weighted by Gasteiger charge is 2.11. The largest absolute Gasteiger partial charge is 0.454 e. The molecular weight excluding hydrogens is 342 g/mol. The van der Waals surface area contributed by atoms with Crippen LogP contribution < -0.4 is 5.32 Å². The Morgan fingerprint density at radius 2 is 2.04 bits per heavy atom. The van der Waals surface area contributed by atoms with Gasteiger partial charge >= 0.3 is 5.97 Å². The van der Waals surface area contributed by atoms with Gasteiger partial charge in [-0.3, -0.25) is 9.59 Å². The van der Waals surface area contributed by atoms with Gasteiger partial charge in [0.1, 0.15) is 6.54 Å². The first-order valence-electron chi connectivity index (χ1n) is 7.64. The predicted octanol–water partition coefficient (Wildman–Crippen LogP) is 3.18. The van der Waals surface area contributed by atoms with Gasteiger partial charge in [0.25, 0.3) is 5.91 Å². The molecule has 6 nitrogen and oxygen atoms in total. The van der Waals surface area contributed by atoms with Gasteiger partial charge in [-0.05, 0) is 36.8 Å². The number of amides is 1. The number of nitrogens with zero attached hydrogens (tertiary/aromatic N) is 2. The minimum Gasteiger partial charge on any atom is -0.454 e. The monoisotopic (exact) mass is 357 g/mol. The fourth-order valence-electron chi connectivity index (χ4n) is 2.38. The summed E-state index contributed by atoms with van der Waals surface area (Å²) in [6.07, 6.45) is 1.57. The number of nitrogens with one attached hydrogen (secondary N) is 1. The number of fused-ring (bicyclic) bond motifs is 1. The van der Waals surface area contributed by atoms with E-state index in [1.54, 1.807) is 29.1 Å². The molecule has 1 heterocycles. The number of imidazole rings is 1. The Bertz CT molecular complexity index is 936. The lowest BCUT2D eigenvalue weighted by Crippen LogP contribution is -2.23. The summed E-state index contributed by atoms with van der Waals surface area (Å²) >= 11 is 5.91. The molecule has 0 fully saturated rings. The predicted molar refractivity (Wildman–Crippen MR) is 95.5 cm³/mol. The number of hydrogen-bond acceptors (Lipinski definition) is 4. The maximum absolute atomic E-state index is 12.0. The molecule has 0 bridgehead atoms. The van der Waals surface area contributed by atoms with Gasteiger partial charge in [0.15, 0.2) is 6.61 Å². The number of ether oxygens (including phenoxy) is 1. The SMILES string of the molecule is Cc1ccc(Cl)cc1NC(=O)COC(=O)Cn1cnc2ccccc21. The first-order valence-corrected chi connectivity index (χ1v) is 8.02. The molecule has 0 aliphatic carbocycles. The number of benzene rings is 2. The van der Waals surface area contributed by atoms with Gasteiger partial charge in [-0.25, -0.2) is 4.98 Å². The van der Waals surface area contributed by atoms with E-state index in [9.17, 15) is 9.59 Å². The lowest BCUT2D eigenvalue weighted by molar-refractivity contribution is -0.147. The molecule has 128 valence electrons. The third-order valence-corrected chi connectivity index (χ3v) is 3.90. The lowest BCUT2D eigenvalue weighted by Gasteiger charge is -2.10. The van der Waals surface area contributed by atoms with Crippen molar-refractivity contribution in [2.75, 3.05) is 11.9 Å². The number of para-hydroxylation sites is 2. The molecule has 2 aromatic carbocycles. The van der Waals surface area contributed by atoms with E-state index in [4.69, 9.17) is 16.3 Å². The van der Waals surface area contributed by atoms with Crippen LogP contribution in [0.5, 0.6) is 0 Å². The molecule has 25 heavy (non-hydrogen) atoms. The van der Waals surface area contributed by atoms with E-state index in [1.807, 2.05) is 31.2 Å². The average molecular weight is 358 g/mol. The van der Waals surface area contributed by atoms with E-state index in [-0.39, 0.29) is 13.2 Å². The van der Waals surface area contributed by atoms with Crippen molar-refractivity contribution in [2.45, 2.75) is 13.5 Å². The number of aryl methyl sites for hydroxylation is 1. The Morgan fingerprint density at radius 3 is 2.88 bits per heavy atom. The second-order valence-electron chi connectivity index (χ2n) is 5.53. The van der Waals surface area contributed by atoms with Gasteiger partial charge in [0.05, 0.1) is 17.4 Å². The maximum atomic E-state index is 12.0. The van der Waals surface area contributed by atoms with Crippen molar-refractivity contribution < 1.29 is 14.3 Å². The first-order chi connectivity index (χ1) is 12.0. The van der Waals surface area contributed by atoms with E-state index < -0.39 is 11.9 Å². The molecule has 0 spiro atoms. The van der Waals surface area contributed by atoms with Crippen molar-refractivity contribution in [3.8, 4) is 0 Å². The molecule has 0 aliphatic heterocycles. The van der Waals surface area contributed by atoms with Crippen molar-refractivity contribution in [3.05, 3.63) is 59.4 Å². The lowest BCUT2D eigenvalue weighted by atomic mass is 10.2. The molecule has 0 saturated carbocycles. The number of rotatable bonds is 5. The average Bonchev–Trinajstić information content (AvgIpc) is 2.99. The number of carbonyl (C=O) groups excluding carboxylic acids is 2. The van der Waals surface area contributed by atoms with Crippen LogP contribution in [-0.4, -0.2) is 28.0 Å². The van der Waals surface area contributed by atoms with Crippen LogP contribution in [0.25, 0.3) is 11.0 Å². The fraction of sp³-hybridized carbons (Fsp3) is 0.167. The summed E-state index contributed by atoms with van der Waals surface area (Å²) in [6, 6.07) is 12.7. The van der Waals surface area contributed by atoms with E-state index >= 15 is 0 Å². The van der Waals surface area contributed by atoms with Crippen LogP contribution in [0.3, 0.4) is 0 Å². The third kappa shape index (κ3) is 4.16. The zero-order chi connectivity index (χ0) is 17.8. The number of halogens is 1. The van der Waals surface area contributed by atoms with Crippen molar-refractivity contribution in [1.82, 2.24) is 9.55 Å². The molecule has 0 aliphatic rings. The van der Waals surface area contributed by atoms with Gasteiger partial charge in [0.2, 0.25) is 0 Å². The summed E-state index contributed by atoms with van der Waals surface area (Å²) in [5.74, 6) is -0.935. The Balaban J connectivity index is 1.55. The molecule has 0 radical (unpaired) electrons. The Hall–Kier alpha value is -2.86. The fourth-order valence-corrected chi connectivity index (χ4v) is 2.55. The Labute approximate surface area is 149 Å². The van der Waals surface area contributed by atoms with E-state index in [0.717, 1.165) is 16.6 Å². The minimum atomic E-state index is -0.513. The van der Waals surface area contributed by atoms with Crippen LogP contribution >= 0.6 is 11.6 Å². The van der Waals surface area contributed by atoms with Gasteiger partial charge in [-0.1, -0.05) is 29.8 Å². The highest BCUT2D eigenvalue weighted by atomic mass is 35.5. The van der Waals surface area contributed by atoms with Gasteiger partial charge in [-0.15, -0.1) is 0 Å². The van der Waals surface area contributed by atoms with E-state index in [0.29, 0.717) is 10.7 Å². The van der Waals surface area contributed by atoms with Crippen LogP contribution in [-0.2, 0) is 20.9 Å². The van der Waals surface area contributed by atoms with Crippen LogP contribution in [0.15, 0.2) is 48.8 Å². The number of hydrogen-bond donors (Lipinski definition) is 1. The highest BCUT2D eigenvalue weighted by molar-refractivity contribution is 6.31. The molecular formula is C18H16ClN3O3. The van der Waals surface area contributed by atoms with Gasteiger partial charge in [0, 0.05) is 10.7 Å². The van der Waals surface area contributed by atoms with Crippen LogP contribution in [0.4, 0.5) is 5.69 Å². The molecule has 3 aromatic rings. The summed E-state index contributed by atoms with van der Waals surface area (Å²) in [6.45, 7) is 1.48. The maximum Gasteiger partial charge on any atom is 0.326 e. The summed E-state index contributed by atoms with van der Waals surface area (Å²) in [5.41, 5.74) is 3.09. The second kappa shape index (κ2) is 7.36. The molecule has 3 rings (SSSR count). The zero-order valence-corrected chi connectivity index (χ0v) is 14.3. The molecule has 0 unspecified atom stereocenters. The molecule has 1 aromatic heterocycles. The molecule has 1 N–H and O–H groups in total. The quantitative estimate of drug-likeness (QED) is 0.712. The Morgan fingerprint density at radius 1 is 1.24 bits per heavy atom. The minimum absolute atomic E-state index is 0.00993. The normalized spacial score (nSPS) is 10.6. The zero-order valence-electron chi connectivity index (χ0n) is 13.5. The van der Waals surface area contributed by atoms with Crippen molar-refractivity contribution >= 4 is 40.2 Å². The highest BCUT2D eigenvalue weighted by Crippen LogP contribution is 2.20. The van der Waals surface area contributed by atoms with E-state index in [1.165, 1.54) is 0 Å². The van der Waals surface area contributed by atoms with Crippen LogP contribution in [0.2, 0.25) is 5.02 Å². The smallest absolute Gasteiger partial charge is 0.326 e. The van der Waals surface area contributed by atoms with E-state index in [2.05, 4.69) is 10.3 Å². The third-order valence-electron chi connectivity index (χ3n) is 3.66. The summed E-state index contributed by atoms with van der Waals surface area (Å²) < 4.78 is 6.71. The number of esters is 1. The van der Waals surface area contributed by atoms with Crippen LogP contribution in [0.1, 0.15) is 5.56 Å². The van der Waals surface area contributed by atoms with Crippen molar-refractivity contribution in [1.29, 1.82) is 0 Å². The molecule has 1 amide bonds. The molecule has 0 atom stereocenters. The van der Waals surface area contributed by atoms with Crippen LogP contribution in [0, 0.1) is 6.92 Å². The summed E-state index contributed by atoms with van der Waals surface area (Å²) in [7, 11) is 0. The number of carbonyl (C=O) groups is 2. The topological polar surface area (TPSA) is 73.2 Å². The summed E-state index contributed by atoms with van der Waals surface area (Å²) in [5, 5.41) is 3.19. The molecule has 0 saturated heterocycles. The Kier molecular flexibility index (Phi) is 5.00. The van der Waals surface area contributed by atoms with Gasteiger partial charge in [-0.2, -0.15) is 0 Å². The summed E-state index contributed by atoms with van der Waals surface area (Å²) in [4.78, 5) is 28.1. The molecule has 7 heteroatoms.